The van der Waals surface area contributed by atoms with Crippen LogP contribution < -0.4 is 14.2 Å². The van der Waals surface area contributed by atoms with Gasteiger partial charge in [-0.2, -0.15) is 0 Å². The van der Waals surface area contributed by atoms with E-state index in [2.05, 4.69) is 9.97 Å². The summed E-state index contributed by atoms with van der Waals surface area (Å²) in [7, 11) is 4.48. The molecule has 0 saturated carbocycles. The fourth-order valence-corrected chi connectivity index (χ4v) is 2.37. The molecule has 0 N–H and O–H groups in total. The van der Waals surface area contributed by atoms with Crippen molar-refractivity contribution in [2.75, 3.05) is 21.3 Å². The predicted molar refractivity (Wildman–Crippen MR) is 89.3 cm³/mol. The molecular weight excluding hydrogens is 324 g/mol. The number of nitrogens with zero attached hydrogens (tertiary/aromatic N) is 2. The molecule has 0 spiro atoms. The first-order valence-corrected chi connectivity index (χ1v) is 7.38. The highest BCUT2D eigenvalue weighted by Crippen LogP contribution is 2.38. The Kier molecular flexibility index (Phi) is 4.65. The van der Waals surface area contributed by atoms with Gasteiger partial charge in [0, 0.05) is 23.5 Å². The van der Waals surface area contributed by atoms with Crippen LogP contribution in [0.3, 0.4) is 0 Å². The van der Waals surface area contributed by atoms with Crippen molar-refractivity contribution in [3.63, 3.8) is 0 Å². The molecule has 128 valence electrons. The van der Waals surface area contributed by atoms with Gasteiger partial charge < -0.3 is 18.6 Å². The fourth-order valence-electron chi connectivity index (χ4n) is 2.37. The Balaban J connectivity index is 1.97. The summed E-state index contributed by atoms with van der Waals surface area (Å²) >= 11 is 0. The van der Waals surface area contributed by atoms with Gasteiger partial charge in [-0.25, -0.2) is 4.98 Å². The average molecular weight is 340 g/mol. The lowest BCUT2D eigenvalue weighted by atomic mass is 10.1. The molecule has 0 saturated heterocycles. The zero-order chi connectivity index (χ0) is 17.8. The molecule has 0 unspecified atom stereocenters. The molecule has 0 fully saturated rings. The highest BCUT2D eigenvalue weighted by molar-refractivity contribution is 6.08. The lowest BCUT2D eigenvalue weighted by molar-refractivity contribution is 0.103. The van der Waals surface area contributed by atoms with E-state index in [1.165, 1.54) is 27.6 Å². The summed E-state index contributed by atoms with van der Waals surface area (Å²) in [5.41, 5.74) is 1.27. The molecule has 0 aliphatic carbocycles. The zero-order valence-corrected chi connectivity index (χ0v) is 14.0. The van der Waals surface area contributed by atoms with E-state index >= 15 is 0 Å². The van der Waals surface area contributed by atoms with E-state index in [-0.39, 0.29) is 11.5 Å². The smallest absolute Gasteiger partial charge is 0.226 e. The minimum atomic E-state index is -0.316. The quantitative estimate of drug-likeness (QED) is 0.638. The van der Waals surface area contributed by atoms with Crippen LogP contribution in [0.25, 0.3) is 11.5 Å². The van der Waals surface area contributed by atoms with E-state index in [9.17, 15) is 4.79 Å². The van der Waals surface area contributed by atoms with Crippen molar-refractivity contribution in [3.05, 3.63) is 54.2 Å². The van der Waals surface area contributed by atoms with E-state index in [1.807, 2.05) is 0 Å². The number of aromatic nitrogens is 2. The third kappa shape index (κ3) is 3.16. The van der Waals surface area contributed by atoms with Gasteiger partial charge in [0.2, 0.25) is 17.4 Å². The molecule has 0 radical (unpaired) electrons. The second kappa shape index (κ2) is 7.04. The summed E-state index contributed by atoms with van der Waals surface area (Å²) in [6, 6.07) is 6.65. The van der Waals surface area contributed by atoms with Gasteiger partial charge in [-0.3, -0.25) is 9.78 Å². The van der Waals surface area contributed by atoms with E-state index < -0.39 is 0 Å². The van der Waals surface area contributed by atoms with Gasteiger partial charge >= 0.3 is 0 Å². The molecule has 7 heteroatoms. The normalized spacial score (nSPS) is 10.4. The van der Waals surface area contributed by atoms with Crippen LogP contribution in [0.4, 0.5) is 0 Å². The van der Waals surface area contributed by atoms with Gasteiger partial charge in [0.1, 0.15) is 6.26 Å². The SMILES string of the molecule is COc1cc(C(=O)c2coc(-c3ccncc3)n2)cc(OC)c1OC. The number of oxazole rings is 1. The first-order valence-electron chi connectivity index (χ1n) is 7.38. The number of hydrogen-bond donors (Lipinski definition) is 0. The molecule has 0 aliphatic rings. The van der Waals surface area contributed by atoms with E-state index in [0.29, 0.717) is 28.7 Å². The molecule has 2 heterocycles. The molecule has 7 nitrogen and oxygen atoms in total. The summed E-state index contributed by atoms with van der Waals surface area (Å²) < 4.78 is 21.2. The van der Waals surface area contributed by atoms with Crippen molar-refractivity contribution in [1.29, 1.82) is 0 Å². The lowest BCUT2D eigenvalue weighted by Crippen LogP contribution is -2.04. The minimum Gasteiger partial charge on any atom is -0.493 e. The average Bonchev–Trinajstić information content (AvgIpc) is 3.17. The van der Waals surface area contributed by atoms with Gasteiger partial charge in [0.05, 0.1) is 21.3 Å². The zero-order valence-electron chi connectivity index (χ0n) is 14.0. The maximum atomic E-state index is 12.7. The van der Waals surface area contributed by atoms with Crippen LogP contribution >= 0.6 is 0 Å². The molecule has 0 atom stereocenters. The fraction of sp³-hybridized carbons (Fsp3) is 0.167. The minimum absolute atomic E-state index is 0.182. The molecular formula is C18H16N2O5. The van der Waals surface area contributed by atoms with Crippen molar-refractivity contribution in [1.82, 2.24) is 9.97 Å². The van der Waals surface area contributed by atoms with Crippen LogP contribution in [0.5, 0.6) is 17.2 Å². The third-order valence-electron chi connectivity index (χ3n) is 3.59. The molecule has 0 aliphatic heterocycles. The molecule has 25 heavy (non-hydrogen) atoms. The summed E-state index contributed by atoms with van der Waals surface area (Å²) in [4.78, 5) is 20.9. The molecule has 2 aromatic heterocycles. The van der Waals surface area contributed by atoms with Gasteiger partial charge in [-0.1, -0.05) is 0 Å². The summed E-state index contributed by atoms with van der Waals surface area (Å²) in [5.74, 6) is 1.23. The number of rotatable bonds is 6. The van der Waals surface area contributed by atoms with Crippen LogP contribution in [-0.2, 0) is 0 Å². The highest BCUT2D eigenvalue weighted by Gasteiger charge is 2.20. The Morgan fingerprint density at radius 2 is 1.64 bits per heavy atom. The Hall–Kier alpha value is -3.35. The van der Waals surface area contributed by atoms with E-state index in [4.69, 9.17) is 18.6 Å². The molecule has 0 bridgehead atoms. The van der Waals surface area contributed by atoms with Crippen molar-refractivity contribution in [2.24, 2.45) is 0 Å². The van der Waals surface area contributed by atoms with Gasteiger partial charge in [-0.05, 0) is 24.3 Å². The Morgan fingerprint density at radius 3 is 2.20 bits per heavy atom. The number of ether oxygens (including phenoxy) is 3. The third-order valence-corrected chi connectivity index (χ3v) is 3.59. The number of methoxy groups -OCH3 is 3. The van der Waals surface area contributed by atoms with Crippen molar-refractivity contribution in [3.8, 4) is 28.7 Å². The standard InChI is InChI=1S/C18H16N2O5/c1-22-14-8-12(9-15(23-2)17(14)24-3)16(21)13-10-25-18(20-13)11-4-6-19-7-5-11/h4-10H,1-3H3. The summed E-state index contributed by atoms with van der Waals surface area (Å²) in [6.07, 6.45) is 4.57. The van der Waals surface area contributed by atoms with Crippen LogP contribution in [0.1, 0.15) is 16.1 Å². The highest BCUT2D eigenvalue weighted by atomic mass is 16.5. The largest absolute Gasteiger partial charge is 0.493 e. The number of carbonyl (C=O) groups excluding carboxylic acids is 1. The van der Waals surface area contributed by atoms with E-state index in [1.54, 1.807) is 36.7 Å². The van der Waals surface area contributed by atoms with Crippen LogP contribution in [0, 0.1) is 0 Å². The maximum Gasteiger partial charge on any atom is 0.226 e. The van der Waals surface area contributed by atoms with Crippen LogP contribution in [0.15, 0.2) is 47.3 Å². The van der Waals surface area contributed by atoms with Crippen molar-refractivity contribution >= 4 is 5.78 Å². The van der Waals surface area contributed by atoms with Crippen molar-refractivity contribution in [2.45, 2.75) is 0 Å². The Morgan fingerprint density at radius 1 is 1.00 bits per heavy atom. The monoisotopic (exact) mass is 340 g/mol. The summed E-state index contributed by atoms with van der Waals surface area (Å²) in [5, 5.41) is 0. The molecule has 0 amide bonds. The van der Waals surface area contributed by atoms with Crippen molar-refractivity contribution < 1.29 is 23.4 Å². The first kappa shape index (κ1) is 16.5. The van der Waals surface area contributed by atoms with Gasteiger partial charge in [0.15, 0.2) is 17.2 Å². The second-order valence-electron chi connectivity index (χ2n) is 5.02. The van der Waals surface area contributed by atoms with Crippen LogP contribution in [0.2, 0.25) is 0 Å². The van der Waals surface area contributed by atoms with E-state index in [0.717, 1.165) is 5.56 Å². The lowest BCUT2D eigenvalue weighted by Gasteiger charge is -2.13. The topological polar surface area (TPSA) is 83.7 Å². The maximum absolute atomic E-state index is 12.7. The van der Waals surface area contributed by atoms with Gasteiger partial charge in [0.25, 0.3) is 0 Å². The van der Waals surface area contributed by atoms with Crippen LogP contribution in [-0.4, -0.2) is 37.1 Å². The number of pyridine rings is 1. The number of carbonyl (C=O) groups is 1. The summed E-state index contributed by atoms with van der Waals surface area (Å²) in [6.45, 7) is 0. The number of benzene rings is 1. The molecule has 3 aromatic rings. The second-order valence-corrected chi connectivity index (χ2v) is 5.02. The van der Waals surface area contributed by atoms with Gasteiger partial charge in [-0.15, -0.1) is 0 Å². The Bertz CT molecular complexity index is 864. The number of ketones is 1. The predicted octanol–water partition coefficient (Wildman–Crippen LogP) is 2.99. The Labute approximate surface area is 144 Å². The molecule has 1 aromatic carbocycles. The molecule has 3 rings (SSSR count). The number of hydrogen-bond acceptors (Lipinski definition) is 7. The first-order chi connectivity index (χ1) is 12.2.